The standard InChI is InChI=1S/C14H17FO3/c1-9(16)6-10-7-12-13(18-5-4-17-12)8-11(10)14(2,3)15/h7-8H,4-6H2,1-3H3. The minimum absolute atomic E-state index is 0.00261. The van der Waals surface area contributed by atoms with E-state index in [1.807, 2.05) is 0 Å². The molecule has 1 aromatic carbocycles. The molecule has 1 aliphatic rings. The van der Waals surface area contributed by atoms with Crippen molar-refractivity contribution in [3.8, 4) is 11.5 Å². The predicted octanol–water partition coefficient (Wildman–Crippen LogP) is 2.79. The molecule has 0 N–H and O–H groups in total. The lowest BCUT2D eigenvalue weighted by Crippen LogP contribution is -2.19. The number of halogens is 1. The maximum Gasteiger partial charge on any atom is 0.161 e. The van der Waals surface area contributed by atoms with E-state index < -0.39 is 5.67 Å². The first-order valence-corrected chi connectivity index (χ1v) is 5.99. The van der Waals surface area contributed by atoms with E-state index in [4.69, 9.17) is 9.47 Å². The molecule has 0 amide bonds. The van der Waals surface area contributed by atoms with E-state index >= 15 is 0 Å². The molecule has 1 aromatic rings. The van der Waals surface area contributed by atoms with Crippen LogP contribution in [0.2, 0.25) is 0 Å². The van der Waals surface area contributed by atoms with Crippen LogP contribution in [0.4, 0.5) is 4.39 Å². The van der Waals surface area contributed by atoms with Crippen LogP contribution in [0.5, 0.6) is 11.5 Å². The number of rotatable bonds is 3. The number of alkyl halides is 1. The van der Waals surface area contributed by atoms with Gasteiger partial charge in [-0.3, -0.25) is 4.79 Å². The first kappa shape index (κ1) is 12.9. The predicted molar refractivity (Wildman–Crippen MR) is 66.0 cm³/mol. The van der Waals surface area contributed by atoms with Gasteiger partial charge in [0, 0.05) is 6.42 Å². The molecule has 98 valence electrons. The first-order valence-electron chi connectivity index (χ1n) is 5.99. The molecule has 0 radical (unpaired) electrons. The second-order valence-corrected chi connectivity index (χ2v) is 5.00. The SMILES string of the molecule is CC(=O)Cc1cc2c(cc1C(C)(C)F)OCCO2. The van der Waals surface area contributed by atoms with Crippen molar-refractivity contribution in [3.05, 3.63) is 23.3 Å². The summed E-state index contributed by atoms with van der Waals surface area (Å²) in [7, 11) is 0. The Morgan fingerprint density at radius 1 is 1.28 bits per heavy atom. The van der Waals surface area contributed by atoms with Gasteiger partial charge in [0.05, 0.1) is 0 Å². The third-order valence-electron chi connectivity index (χ3n) is 2.85. The van der Waals surface area contributed by atoms with Gasteiger partial charge in [0.1, 0.15) is 24.7 Å². The van der Waals surface area contributed by atoms with Crippen molar-refractivity contribution in [2.75, 3.05) is 13.2 Å². The summed E-state index contributed by atoms with van der Waals surface area (Å²) >= 11 is 0. The molecule has 0 unspecified atom stereocenters. The Balaban J connectivity index is 2.51. The highest BCUT2D eigenvalue weighted by molar-refractivity contribution is 5.79. The number of fused-ring (bicyclic) bond motifs is 1. The Morgan fingerprint density at radius 2 is 1.83 bits per heavy atom. The van der Waals surface area contributed by atoms with Gasteiger partial charge in [0.25, 0.3) is 0 Å². The van der Waals surface area contributed by atoms with E-state index in [1.165, 1.54) is 20.8 Å². The Morgan fingerprint density at radius 3 is 2.33 bits per heavy atom. The van der Waals surface area contributed by atoms with Crippen molar-refractivity contribution in [2.24, 2.45) is 0 Å². The highest BCUT2D eigenvalue weighted by Crippen LogP contribution is 2.38. The molecule has 0 bridgehead atoms. The number of carbonyl (C=O) groups is 1. The summed E-state index contributed by atoms with van der Waals surface area (Å²) in [6.45, 7) is 5.38. The summed E-state index contributed by atoms with van der Waals surface area (Å²) in [5, 5.41) is 0. The smallest absolute Gasteiger partial charge is 0.161 e. The molecule has 0 fully saturated rings. The summed E-state index contributed by atoms with van der Waals surface area (Å²) in [6, 6.07) is 3.36. The van der Waals surface area contributed by atoms with Crippen molar-refractivity contribution in [2.45, 2.75) is 32.9 Å². The zero-order valence-corrected chi connectivity index (χ0v) is 10.9. The summed E-state index contributed by atoms with van der Waals surface area (Å²) in [5.41, 5.74) is -0.359. The second kappa shape index (κ2) is 4.59. The molecule has 1 aliphatic heterocycles. The van der Waals surface area contributed by atoms with Gasteiger partial charge in [-0.25, -0.2) is 4.39 Å². The maximum atomic E-state index is 14.2. The number of hydrogen-bond acceptors (Lipinski definition) is 3. The van der Waals surface area contributed by atoms with Crippen molar-refractivity contribution < 1.29 is 18.7 Å². The first-order chi connectivity index (χ1) is 8.38. The number of benzene rings is 1. The maximum absolute atomic E-state index is 14.2. The van der Waals surface area contributed by atoms with Crippen LogP contribution in [0.15, 0.2) is 12.1 Å². The van der Waals surface area contributed by atoms with Gasteiger partial charge in [0.2, 0.25) is 0 Å². The van der Waals surface area contributed by atoms with E-state index in [0.717, 1.165) is 0 Å². The topological polar surface area (TPSA) is 35.5 Å². The van der Waals surface area contributed by atoms with E-state index in [1.54, 1.807) is 12.1 Å². The van der Waals surface area contributed by atoms with E-state index in [2.05, 4.69) is 0 Å². The number of carbonyl (C=O) groups excluding carboxylic acids is 1. The number of ether oxygens (including phenoxy) is 2. The monoisotopic (exact) mass is 252 g/mol. The fraction of sp³-hybridized carbons (Fsp3) is 0.500. The highest BCUT2D eigenvalue weighted by atomic mass is 19.1. The van der Waals surface area contributed by atoms with Gasteiger partial charge < -0.3 is 9.47 Å². The lowest BCUT2D eigenvalue weighted by atomic mass is 9.91. The number of hydrogen-bond donors (Lipinski definition) is 0. The van der Waals surface area contributed by atoms with Gasteiger partial charge in [-0.1, -0.05) is 0 Å². The van der Waals surface area contributed by atoms with Crippen molar-refractivity contribution >= 4 is 5.78 Å². The molecule has 4 heteroatoms. The average Bonchev–Trinajstić information content (AvgIpc) is 2.26. The van der Waals surface area contributed by atoms with Crippen LogP contribution in [-0.4, -0.2) is 19.0 Å². The zero-order chi connectivity index (χ0) is 13.3. The third-order valence-corrected chi connectivity index (χ3v) is 2.85. The second-order valence-electron chi connectivity index (χ2n) is 5.00. The zero-order valence-electron chi connectivity index (χ0n) is 10.9. The van der Waals surface area contributed by atoms with Crippen molar-refractivity contribution in [1.82, 2.24) is 0 Å². The van der Waals surface area contributed by atoms with Gasteiger partial charge in [-0.2, -0.15) is 0 Å². The Hall–Kier alpha value is -1.58. The molecular formula is C14H17FO3. The van der Waals surface area contributed by atoms with Crippen LogP contribution in [0.25, 0.3) is 0 Å². The molecule has 0 saturated heterocycles. The lowest BCUT2D eigenvalue weighted by Gasteiger charge is -2.24. The summed E-state index contributed by atoms with van der Waals surface area (Å²) in [5.74, 6) is 1.14. The van der Waals surface area contributed by atoms with Crippen molar-refractivity contribution in [3.63, 3.8) is 0 Å². The Labute approximate surface area is 106 Å². The largest absolute Gasteiger partial charge is 0.486 e. The average molecular weight is 252 g/mol. The molecule has 0 saturated carbocycles. The third kappa shape index (κ3) is 2.63. The molecule has 0 aliphatic carbocycles. The van der Waals surface area contributed by atoms with Crippen LogP contribution in [0, 0.1) is 0 Å². The summed E-state index contributed by atoms with van der Waals surface area (Å²) < 4.78 is 25.1. The fourth-order valence-corrected chi connectivity index (χ4v) is 2.10. The van der Waals surface area contributed by atoms with Gasteiger partial charge >= 0.3 is 0 Å². The van der Waals surface area contributed by atoms with Crippen LogP contribution in [0.1, 0.15) is 31.9 Å². The summed E-state index contributed by atoms with van der Waals surface area (Å²) in [6.07, 6.45) is 0.208. The molecule has 0 spiro atoms. The molecule has 3 nitrogen and oxygen atoms in total. The van der Waals surface area contributed by atoms with Crippen LogP contribution < -0.4 is 9.47 Å². The molecule has 2 rings (SSSR count). The molecule has 0 aromatic heterocycles. The minimum atomic E-state index is -1.51. The molecule has 18 heavy (non-hydrogen) atoms. The van der Waals surface area contributed by atoms with E-state index in [-0.39, 0.29) is 12.2 Å². The van der Waals surface area contributed by atoms with E-state index in [0.29, 0.717) is 35.8 Å². The van der Waals surface area contributed by atoms with Crippen LogP contribution >= 0.6 is 0 Å². The highest BCUT2D eigenvalue weighted by Gasteiger charge is 2.26. The quantitative estimate of drug-likeness (QED) is 0.829. The molecular weight excluding hydrogens is 235 g/mol. The van der Waals surface area contributed by atoms with Gasteiger partial charge in [-0.05, 0) is 44.0 Å². The van der Waals surface area contributed by atoms with Gasteiger partial charge in [-0.15, -0.1) is 0 Å². The molecule has 0 atom stereocenters. The van der Waals surface area contributed by atoms with Crippen LogP contribution in [-0.2, 0) is 16.9 Å². The minimum Gasteiger partial charge on any atom is -0.486 e. The number of ketones is 1. The van der Waals surface area contributed by atoms with Crippen LogP contribution in [0.3, 0.4) is 0 Å². The number of Topliss-reactive ketones (excluding diaryl/α,β-unsaturated/α-hetero) is 1. The van der Waals surface area contributed by atoms with Crippen molar-refractivity contribution in [1.29, 1.82) is 0 Å². The van der Waals surface area contributed by atoms with Gasteiger partial charge in [0.15, 0.2) is 11.5 Å². The fourth-order valence-electron chi connectivity index (χ4n) is 2.10. The normalized spacial score (nSPS) is 14.4. The van der Waals surface area contributed by atoms with E-state index in [9.17, 15) is 9.18 Å². The Kier molecular flexibility index (Phi) is 3.28. The lowest BCUT2D eigenvalue weighted by molar-refractivity contribution is -0.116. The summed E-state index contributed by atoms with van der Waals surface area (Å²) in [4.78, 5) is 11.3. The Bertz CT molecular complexity index is 475. The molecule has 1 heterocycles.